The molecule has 0 amide bonds. The van der Waals surface area contributed by atoms with E-state index in [0.717, 1.165) is 37.7 Å². The summed E-state index contributed by atoms with van der Waals surface area (Å²) in [6.45, 7) is 14.0. The van der Waals surface area contributed by atoms with Gasteiger partial charge in [0.2, 0.25) is 0 Å². The van der Waals surface area contributed by atoms with Crippen LogP contribution in [0.4, 0.5) is 0 Å². The molecule has 23 heavy (non-hydrogen) atoms. The van der Waals surface area contributed by atoms with E-state index in [1.165, 1.54) is 0 Å². The zero-order valence-electron chi connectivity index (χ0n) is 15.0. The zero-order chi connectivity index (χ0) is 17.5. The molecule has 132 valence electrons. The third kappa shape index (κ3) is 3.16. The number of rotatable bonds is 5. The van der Waals surface area contributed by atoms with Crippen molar-refractivity contribution < 1.29 is 15.3 Å². The molecule has 0 radical (unpaired) electrons. The average Bonchev–Trinajstić information content (AvgIpc) is 2.44. The van der Waals surface area contributed by atoms with Crippen molar-refractivity contribution in [3.05, 3.63) is 24.8 Å². The molecule has 3 heteroatoms. The molecule has 0 aliphatic heterocycles. The van der Waals surface area contributed by atoms with E-state index in [1.54, 1.807) is 6.08 Å². The number of aliphatic hydroxyl groups is 3. The summed E-state index contributed by atoms with van der Waals surface area (Å²) in [6.07, 6.45) is 6.23. The quantitative estimate of drug-likeness (QED) is 0.680. The van der Waals surface area contributed by atoms with Crippen LogP contribution in [0.1, 0.15) is 59.3 Å². The van der Waals surface area contributed by atoms with Crippen molar-refractivity contribution in [1.82, 2.24) is 0 Å². The Kier molecular flexibility index (Phi) is 5.16. The number of aliphatic hydroxyl groups excluding tert-OH is 2. The van der Waals surface area contributed by atoms with E-state index in [4.69, 9.17) is 0 Å². The van der Waals surface area contributed by atoms with Gasteiger partial charge in [0.25, 0.3) is 0 Å². The Bertz CT molecular complexity index is 470. The van der Waals surface area contributed by atoms with Crippen molar-refractivity contribution in [1.29, 1.82) is 0 Å². The maximum Gasteiger partial charge on any atom is 0.0677 e. The summed E-state index contributed by atoms with van der Waals surface area (Å²) >= 11 is 0. The Morgan fingerprint density at radius 1 is 1.26 bits per heavy atom. The van der Waals surface area contributed by atoms with Crippen molar-refractivity contribution in [3.8, 4) is 0 Å². The van der Waals surface area contributed by atoms with Crippen molar-refractivity contribution >= 4 is 0 Å². The molecule has 0 aromatic rings. The molecule has 0 bridgehead atoms. The Morgan fingerprint density at radius 3 is 2.48 bits per heavy atom. The van der Waals surface area contributed by atoms with Crippen LogP contribution >= 0.6 is 0 Å². The van der Waals surface area contributed by atoms with Crippen LogP contribution < -0.4 is 0 Å². The highest BCUT2D eigenvalue weighted by Crippen LogP contribution is 2.63. The van der Waals surface area contributed by atoms with Gasteiger partial charge in [0.15, 0.2) is 0 Å². The van der Waals surface area contributed by atoms with Crippen molar-refractivity contribution in [2.24, 2.45) is 22.7 Å². The summed E-state index contributed by atoms with van der Waals surface area (Å²) in [5.41, 5.74) is -0.331. The third-order valence-electron chi connectivity index (χ3n) is 6.88. The summed E-state index contributed by atoms with van der Waals surface area (Å²) in [5.74, 6) is 0.113. The fourth-order valence-corrected chi connectivity index (χ4v) is 5.92. The first-order valence-corrected chi connectivity index (χ1v) is 8.92. The smallest absolute Gasteiger partial charge is 0.0677 e. The first kappa shape index (κ1) is 18.7. The third-order valence-corrected chi connectivity index (χ3v) is 6.88. The largest absolute Gasteiger partial charge is 0.396 e. The van der Waals surface area contributed by atoms with Gasteiger partial charge in [-0.3, -0.25) is 0 Å². The summed E-state index contributed by atoms with van der Waals surface area (Å²) in [7, 11) is 0. The summed E-state index contributed by atoms with van der Waals surface area (Å²) in [6, 6.07) is 0. The fourth-order valence-electron chi connectivity index (χ4n) is 5.92. The van der Waals surface area contributed by atoms with Gasteiger partial charge in [-0.15, -0.1) is 0 Å². The molecule has 0 aromatic carbocycles. The fraction of sp³-hybridized carbons (Fsp3) is 0.800. The molecule has 2 rings (SSSR count). The maximum absolute atomic E-state index is 11.1. The van der Waals surface area contributed by atoms with Crippen LogP contribution in [0.5, 0.6) is 0 Å². The monoisotopic (exact) mass is 322 g/mol. The number of hydrogen-bond donors (Lipinski definition) is 3. The maximum atomic E-state index is 11.1. The van der Waals surface area contributed by atoms with Gasteiger partial charge in [-0.25, -0.2) is 0 Å². The van der Waals surface area contributed by atoms with Crippen LogP contribution in [0, 0.1) is 22.7 Å². The molecule has 0 aromatic heterocycles. The van der Waals surface area contributed by atoms with Gasteiger partial charge in [0.1, 0.15) is 0 Å². The molecular weight excluding hydrogens is 288 g/mol. The molecule has 0 unspecified atom stereocenters. The molecule has 3 N–H and O–H groups in total. The Labute approximate surface area is 141 Å². The minimum Gasteiger partial charge on any atom is -0.396 e. The Hall–Kier alpha value is -0.640. The van der Waals surface area contributed by atoms with E-state index in [0.29, 0.717) is 6.42 Å². The predicted molar refractivity (Wildman–Crippen MR) is 93.9 cm³/mol. The van der Waals surface area contributed by atoms with E-state index in [9.17, 15) is 15.3 Å². The first-order chi connectivity index (χ1) is 10.6. The Balaban J connectivity index is 2.38. The summed E-state index contributed by atoms with van der Waals surface area (Å²) in [5, 5.41) is 31.9. The highest BCUT2D eigenvalue weighted by molar-refractivity contribution is 5.15. The van der Waals surface area contributed by atoms with Gasteiger partial charge in [-0.2, -0.15) is 0 Å². The lowest BCUT2D eigenvalue weighted by molar-refractivity contribution is -0.223. The van der Waals surface area contributed by atoms with Gasteiger partial charge >= 0.3 is 0 Å². The molecule has 3 nitrogen and oxygen atoms in total. The lowest BCUT2D eigenvalue weighted by Crippen LogP contribution is -2.63. The van der Waals surface area contributed by atoms with Gasteiger partial charge in [0, 0.05) is 13.0 Å². The topological polar surface area (TPSA) is 60.7 Å². The van der Waals surface area contributed by atoms with E-state index >= 15 is 0 Å². The highest BCUT2D eigenvalue weighted by atomic mass is 16.3. The Morgan fingerprint density at radius 2 is 1.91 bits per heavy atom. The summed E-state index contributed by atoms with van der Waals surface area (Å²) in [4.78, 5) is 0. The molecule has 2 aliphatic carbocycles. The average molecular weight is 322 g/mol. The minimum atomic E-state index is -0.889. The molecule has 2 fully saturated rings. The number of allylic oxidation sites excluding steroid dienone is 2. The predicted octanol–water partition coefficient (Wildman–Crippen LogP) is 3.45. The summed E-state index contributed by atoms with van der Waals surface area (Å²) < 4.78 is 0. The van der Waals surface area contributed by atoms with E-state index in [-0.39, 0.29) is 29.3 Å². The molecule has 0 spiro atoms. The molecule has 2 saturated carbocycles. The van der Waals surface area contributed by atoms with E-state index in [2.05, 4.69) is 27.0 Å². The molecule has 6 atom stereocenters. The van der Waals surface area contributed by atoms with Crippen LogP contribution in [0.3, 0.4) is 0 Å². The van der Waals surface area contributed by atoms with Crippen LogP contribution in [0.2, 0.25) is 0 Å². The second-order valence-electron chi connectivity index (χ2n) is 8.73. The second-order valence-corrected chi connectivity index (χ2v) is 8.73. The minimum absolute atomic E-state index is 0.0240. The van der Waals surface area contributed by atoms with Crippen LogP contribution in [0.25, 0.3) is 0 Å². The van der Waals surface area contributed by atoms with E-state index < -0.39 is 11.7 Å². The molecular formula is C20H34O3. The molecule has 0 saturated heterocycles. The van der Waals surface area contributed by atoms with Crippen LogP contribution in [0.15, 0.2) is 24.8 Å². The van der Waals surface area contributed by atoms with Gasteiger partial charge < -0.3 is 15.3 Å². The zero-order valence-corrected chi connectivity index (χ0v) is 15.0. The number of hydrogen-bond acceptors (Lipinski definition) is 3. The first-order valence-electron chi connectivity index (χ1n) is 8.92. The standard InChI is InChI=1S/C20H34O3/c1-6-14(2)8-9-16-19(4)11-7-10-18(3,13-21)17(19)15(22)12-20(16,5)23/h6,15-17,21-23H,1-2,7-13H2,3-5H3/t15-,16-,17-,18-,19+,20+/m1/s1. The second kappa shape index (κ2) is 6.34. The van der Waals surface area contributed by atoms with Gasteiger partial charge in [-0.05, 0) is 55.3 Å². The van der Waals surface area contributed by atoms with Crippen LogP contribution in [-0.4, -0.2) is 33.6 Å². The van der Waals surface area contributed by atoms with Gasteiger partial charge in [0.05, 0.1) is 11.7 Å². The molecule has 2 aliphatic rings. The van der Waals surface area contributed by atoms with Crippen molar-refractivity contribution in [2.75, 3.05) is 6.61 Å². The van der Waals surface area contributed by atoms with Crippen molar-refractivity contribution in [2.45, 2.75) is 71.0 Å². The normalized spacial score (nSPS) is 47.0. The SMILES string of the molecule is C=CC(=C)CC[C@@H]1[C@]2(C)CCC[C@](C)(CO)[C@H]2[C@H](O)C[C@]1(C)O. The lowest BCUT2D eigenvalue weighted by atomic mass is 9.44. The van der Waals surface area contributed by atoms with Gasteiger partial charge in [-0.1, -0.05) is 45.1 Å². The van der Waals surface area contributed by atoms with E-state index in [1.807, 2.05) is 6.92 Å². The van der Waals surface area contributed by atoms with Crippen molar-refractivity contribution in [3.63, 3.8) is 0 Å². The molecule has 0 heterocycles. The lowest BCUT2D eigenvalue weighted by Gasteiger charge is -2.63. The highest BCUT2D eigenvalue weighted by Gasteiger charge is 2.61. The van der Waals surface area contributed by atoms with Crippen LogP contribution in [-0.2, 0) is 0 Å². The number of fused-ring (bicyclic) bond motifs is 1.